The zero-order valence-corrected chi connectivity index (χ0v) is 19.9. The smallest absolute Gasteiger partial charge is 0.223 e. The van der Waals surface area contributed by atoms with E-state index in [0.717, 1.165) is 11.4 Å². The molecule has 2 aromatic carbocycles. The van der Waals surface area contributed by atoms with Gasteiger partial charge in [0.1, 0.15) is 11.5 Å². The Labute approximate surface area is 207 Å². The van der Waals surface area contributed by atoms with Crippen LogP contribution in [0.3, 0.4) is 0 Å². The number of fused-ring (bicyclic) bond motifs is 1. The minimum Gasteiger partial charge on any atom is -0.368 e. The number of carbonyl (C=O) groups excluding carboxylic acids is 1. The Bertz CT molecular complexity index is 1330. The van der Waals surface area contributed by atoms with E-state index >= 15 is 0 Å². The molecule has 174 valence electrons. The average molecular weight is 497 g/mol. The molecule has 5 rings (SSSR count). The number of amides is 1. The van der Waals surface area contributed by atoms with Crippen molar-refractivity contribution in [2.75, 3.05) is 31.1 Å². The van der Waals surface area contributed by atoms with Gasteiger partial charge in [0.2, 0.25) is 5.91 Å². The van der Waals surface area contributed by atoms with Crippen LogP contribution in [-0.2, 0) is 4.79 Å². The van der Waals surface area contributed by atoms with E-state index in [1.165, 1.54) is 6.07 Å². The highest BCUT2D eigenvalue weighted by atomic mass is 35.5. The lowest BCUT2D eigenvalue weighted by Crippen LogP contribution is -2.49. The second kappa shape index (κ2) is 9.65. The lowest BCUT2D eigenvalue weighted by atomic mass is 9.91. The van der Waals surface area contributed by atoms with Crippen molar-refractivity contribution in [2.45, 2.75) is 12.3 Å². The van der Waals surface area contributed by atoms with E-state index in [0.29, 0.717) is 47.4 Å². The number of aromatic nitrogens is 2. The third-order valence-electron chi connectivity index (χ3n) is 6.32. The quantitative estimate of drug-likeness (QED) is 0.358. The SMILES string of the molecule is O=C(CC(c1ccccc1F)c1cnc2ccc(Cl)cn12)N1CCN(c2cccc(Cl)c2)CC1. The molecule has 5 nitrogen and oxygen atoms in total. The molecule has 34 heavy (non-hydrogen) atoms. The Morgan fingerprint density at radius 2 is 1.76 bits per heavy atom. The number of carbonyl (C=O) groups is 1. The van der Waals surface area contributed by atoms with Gasteiger partial charge in [0.05, 0.1) is 10.7 Å². The van der Waals surface area contributed by atoms with Crippen LogP contribution in [0.15, 0.2) is 73.1 Å². The van der Waals surface area contributed by atoms with Crippen molar-refractivity contribution < 1.29 is 9.18 Å². The fourth-order valence-corrected chi connectivity index (χ4v) is 4.90. The highest BCUT2D eigenvalue weighted by Gasteiger charge is 2.28. The molecule has 1 saturated heterocycles. The van der Waals surface area contributed by atoms with E-state index in [4.69, 9.17) is 23.2 Å². The predicted octanol–water partition coefficient (Wildman–Crippen LogP) is 5.65. The number of rotatable bonds is 5. The molecule has 0 aliphatic carbocycles. The molecular formula is C26H23Cl2FN4O. The minimum absolute atomic E-state index is 0.0176. The lowest BCUT2D eigenvalue weighted by Gasteiger charge is -2.36. The van der Waals surface area contributed by atoms with Crippen LogP contribution in [0.25, 0.3) is 5.65 Å². The average Bonchev–Trinajstić information content (AvgIpc) is 3.26. The van der Waals surface area contributed by atoms with E-state index in [1.807, 2.05) is 33.6 Å². The standard InChI is InChI=1S/C26H23Cl2FN4O/c27-18-4-3-5-20(14-18)31-10-12-32(13-11-31)26(34)15-22(21-6-1-2-7-23(21)29)24-16-30-25-9-8-19(28)17-33(24)25/h1-9,14,16-17,22H,10-13,15H2. The van der Waals surface area contributed by atoms with Crippen molar-refractivity contribution in [1.29, 1.82) is 0 Å². The number of halogens is 3. The van der Waals surface area contributed by atoms with Gasteiger partial charge in [-0.2, -0.15) is 0 Å². The van der Waals surface area contributed by atoms with E-state index in [1.54, 1.807) is 42.7 Å². The van der Waals surface area contributed by atoms with Gasteiger partial charge < -0.3 is 14.2 Å². The molecule has 0 spiro atoms. The molecular weight excluding hydrogens is 474 g/mol. The van der Waals surface area contributed by atoms with Gasteiger partial charge in [-0.15, -0.1) is 0 Å². The monoisotopic (exact) mass is 496 g/mol. The van der Waals surface area contributed by atoms with Crippen molar-refractivity contribution in [3.8, 4) is 0 Å². The second-order valence-electron chi connectivity index (χ2n) is 8.38. The van der Waals surface area contributed by atoms with Crippen molar-refractivity contribution in [1.82, 2.24) is 14.3 Å². The van der Waals surface area contributed by atoms with Gasteiger partial charge in [-0.1, -0.05) is 47.5 Å². The topological polar surface area (TPSA) is 40.9 Å². The summed E-state index contributed by atoms with van der Waals surface area (Å²) >= 11 is 12.4. The number of imidazole rings is 1. The number of piperazine rings is 1. The summed E-state index contributed by atoms with van der Waals surface area (Å²) in [5, 5.41) is 1.24. The zero-order valence-electron chi connectivity index (χ0n) is 18.4. The maximum atomic E-state index is 14.9. The van der Waals surface area contributed by atoms with Crippen LogP contribution in [0, 0.1) is 5.82 Å². The molecule has 1 aliphatic heterocycles. The van der Waals surface area contributed by atoms with Crippen LogP contribution in [0.4, 0.5) is 10.1 Å². The van der Waals surface area contributed by atoms with Gasteiger partial charge in [0.15, 0.2) is 0 Å². The number of hydrogen-bond donors (Lipinski definition) is 0. The van der Waals surface area contributed by atoms with E-state index in [2.05, 4.69) is 9.88 Å². The zero-order chi connectivity index (χ0) is 23.7. The fraction of sp³-hybridized carbons (Fsp3) is 0.231. The molecule has 0 N–H and O–H groups in total. The fourth-order valence-electron chi connectivity index (χ4n) is 4.55. The molecule has 0 radical (unpaired) electrons. The molecule has 0 saturated carbocycles. The van der Waals surface area contributed by atoms with Crippen molar-refractivity contribution in [3.63, 3.8) is 0 Å². The third-order valence-corrected chi connectivity index (χ3v) is 6.78. The number of anilines is 1. The Morgan fingerprint density at radius 1 is 0.971 bits per heavy atom. The normalized spacial score (nSPS) is 15.0. The lowest BCUT2D eigenvalue weighted by molar-refractivity contribution is -0.131. The van der Waals surface area contributed by atoms with Gasteiger partial charge in [-0.05, 0) is 42.0 Å². The summed E-state index contributed by atoms with van der Waals surface area (Å²) in [5.41, 5.74) is 2.94. The first-order valence-corrected chi connectivity index (χ1v) is 11.9. The Morgan fingerprint density at radius 3 is 2.53 bits per heavy atom. The molecule has 8 heteroatoms. The summed E-state index contributed by atoms with van der Waals surface area (Å²) in [6.07, 6.45) is 3.59. The summed E-state index contributed by atoms with van der Waals surface area (Å²) < 4.78 is 16.7. The first kappa shape index (κ1) is 22.7. The Kier molecular flexibility index (Phi) is 6.44. The van der Waals surface area contributed by atoms with Gasteiger partial charge in [-0.25, -0.2) is 9.37 Å². The van der Waals surface area contributed by atoms with Crippen molar-refractivity contribution >= 4 is 40.4 Å². The number of benzene rings is 2. The van der Waals surface area contributed by atoms with Crippen molar-refractivity contribution in [3.05, 3.63) is 100 Å². The van der Waals surface area contributed by atoms with Crippen LogP contribution >= 0.6 is 23.2 Å². The third kappa shape index (κ3) is 4.61. The molecule has 1 unspecified atom stereocenters. The Balaban J connectivity index is 1.38. The maximum absolute atomic E-state index is 14.9. The largest absolute Gasteiger partial charge is 0.368 e. The van der Waals surface area contributed by atoms with Gasteiger partial charge in [-0.3, -0.25) is 4.79 Å². The summed E-state index contributed by atoms with van der Waals surface area (Å²) in [7, 11) is 0. The van der Waals surface area contributed by atoms with E-state index in [-0.39, 0.29) is 18.1 Å². The number of pyridine rings is 1. The predicted molar refractivity (Wildman–Crippen MR) is 133 cm³/mol. The molecule has 4 aromatic rings. The van der Waals surface area contributed by atoms with Crippen LogP contribution in [0.2, 0.25) is 10.0 Å². The van der Waals surface area contributed by atoms with Gasteiger partial charge >= 0.3 is 0 Å². The first-order valence-electron chi connectivity index (χ1n) is 11.1. The molecule has 1 amide bonds. The maximum Gasteiger partial charge on any atom is 0.223 e. The number of hydrogen-bond acceptors (Lipinski definition) is 3. The molecule has 1 aliphatic rings. The summed E-state index contributed by atoms with van der Waals surface area (Å²) in [4.78, 5) is 21.9. The molecule has 1 atom stereocenters. The molecule has 1 fully saturated rings. The molecule has 2 aromatic heterocycles. The summed E-state index contributed by atoms with van der Waals surface area (Å²) in [6, 6.07) is 17.9. The van der Waals surface area contributed by atoms with E-state index < -0.39 is 5.92 Å². The molecule has 3 heterocycles. The van der Waals surface area contributed by atoms with Crippen molar-refractivity contribution in [2.24, 2.45) is 0 Å². The van der Waals surface area contributed by atoms with Crippen LogP contribution in [0.5, 0.6) is 0 Å². The van der Waals surface area contributed by atoms with E-state index in [9.17, 15) is 9.18 Å². The first-order chi connectivity index (χ1) is 16.5. The van der Waals surface area contributed by atoms with Crippen LogP contribution in [0.1, 0.15) is 23.6 Å². The van der Waals surface area contributed by atoms with Gasteiger partial charge in [0.25, 0.3) is 0 Å². The highest BCUT2D eigenvalue weighted by Crippen LogP contribution is 2.32. The second-order valence-corrected chi connectivity index (χ2v) is 9.26. The summed E-state index contributed by atoms with van der Waals surface area (Å²) in [5.74, 6) is -0.854. The number of nitrogens with zero attached hydrogens (tertiary/aromatic N) is 4. The van der Waals surface area contributed by atoms with Crippen LogP contribution in [-0.4, -0.2) is 46.4 Å². The Hall–Kier alpha value is -3.09. The highest BCUT2D eigenvalue weighted by molar-refractivity contribution is 6.31. The summed E-state index contributed by atoms with van der Waals surface area (Å²) in [6.45, 7) is 2.60. The van der Waals surface area contributed by atoms with Gasteiger partial charge in [0, 0.05) is 61.6 Å². The molecule has 0 bridgehead atoms. The minimum atomic E-state index is -0.492. The van der Waals surface area contributed by atoms with Crippen LogP contribution < -0.4 is 4.90 Å².